The zero-order valence-electron chi connectivity index (χ0n) is 15.1. The summed E-state index contributed by atoms with van der Waals surface area (Å²) in [5, 5.41) is 5.89. The Morgan fingerprint density at radius 1 is 1.00 bits per heavy atom. The third-order valence-electron chi connectivity index (χ3n) is 5.16. The lowest BCUT2D eigenvalue weighted by atomic mass is 9.81. The first-order valence-electron chi connectivity index (χ1n) is 8.17. The van der Waals surface area contributed by atoms with E-state index >= 15 is 0 Å². The van der Waals surface area contributed by atoms with Crippen LogP contribution >= 0.6 is 0 Å². The largest absolute Gasteiger partial charge is 0.497 e. The Bertz CT molecular complexity index is 695. The van der Waals surface area contributed by atoms with Gasteiger partial charge in [0.15, 0.2) is 0 Å². The standard InChI is InChI=1S/C17H24N4O4/c1-9-13-14(11-7-6-10(24-4)8-12(11)25-5)20(2)17(23)19-15(13)21(3)16(22)18-9/h6-9,13-15H,1-5H3,(H,18,22)(H,19,23). The van der Waals surface area contributed by atoms with Crippen molar-refractivity contribution in [3.05, 3.63) is 23.8 Å². The summed E-state index contributed by atoms with van der Waals surface area (Å²) in [7, 11) is 6.63. The second kappa shape index (κ2) is 6.34. The van der Waals surface area contributed by atoms with Crippen LogP contribution < -0.4 is 20.1 Å². The average molecular weight is 348 g/mol. The normalized spacial score (nSPS) is 28.8. The molecule has 0 aliphatic carbocycles. The predicted molar refractivity (Wildman–Crippen MR) is 91.6 cm³/mol. The van der Waals surface area contributed by atoms with E-state index in [9.17, 15) is 9.59 Å². The van der Waals surface area contributed by atoms with Gasteiger partial charge in [0.2, 0.25) is 0 Å². The number of hydrogen-bond acceptors (Lipinski definition) is 4. The molecule has 4 amide bonds. The predicted octanol–water partition coefficient (Wildman–Crippen LogP) is 1.39. The molecule has 8 nitrogen and oxygen atoms in total. The molecule has 0 radical (unpaired) electrons. The van der Waals surface area contributed by atoms with Gasteiger partial charge in [0, 0.05) is 37.7 Å². The van der Waals surface area contributed by atoms with Gasteiger partial charge in [0.05, 0.1) is 20.3 Å². The molecule has 25 heavy (non-hydrogen) atoms. The van der Waals surface area contributed by atoms with Gasteiger partial charge in [0.1, 0.15) is 17.7 Å². The minimum absolute atomic E-state index is 0.0484. The summed E-state index contributed by atoms with van der Waals surface area (Å²) in [6, 6.07) is 4.78. The van der Waals surface area contributed by atoms with E-state index in [0.717, 1.165) is 5.56 Å². The number of ether oxygens (including phenoxy) is 2. The molecule has 2 aliphatic heterocycles. The van der Waals surface area contributed by atoms with E-state index in [1.807, 2.05) is 19.1 Å². The van der Waals surface area contributed by atoms with Crippen LogP contribution in [0.4, 0.5) is 9.59 Å². The van der Waals surface area contributed by atoms with Gasteiger partial charge in [-0.2, -0.15) is 0 Å². The van der Waals surface area contributed by atoms with E-state index in [1.54, 1.807) is 44.2 Å². The first-order valence-corrected chi connectivity index (χ1v) is 8.17. The SMILES string of the molecule is COc1ccc(C2C3C(C)NC(=O)N(C)C3NC(=O)N2C)c(OC)c1. The summed E-state index contributed by atoms with van der Waals surface area (Å²) in [5.41, 5.74) is 0.882. The monoisotopic (exact) mass is 348 g/mol. The number of fused-ring (bicyclic) bond motifs is 1. The van der Waals surface area contributed by atoms with E-state index < -0.39 is 0 Å². The van der Waals surface area contributed by atoms with Crippen LogP contribution in [0.25, 0.3) is 0 Å². The Morgan fingerprint density at radius 2 is 1.68 bits per heavy atom. The fourth-order valence-corrected chi connectivity index (χ4v) is 3.78. The number of rotatable bonds is 3. The zero-order valence-corrected chi connectivity index (χ0v) is 15.1. The molecule has 3 rings (SSSR count). The molecule has 2 fully saturated rings. The van der Waals surface area contributed by atoms with Gasteiger partial charge in [-0.1, -0.05) is 0 Å². The molecule has 2 saturated heterocycles. The molecule has 0 saturated carbocycles. The van der Waals surface area contributed by atoms with Crippen LogP contribution in [-0.4, -0.2) is 62.4 Å². The minimum Gasteiger partial charge on any atom is -0.497 e. The number of carbonyl (C=O) groups is 2. The number of amides is 4. The van der Waals surface area contributed by atoms with Crippen LogP contribution in [0.15, 0.2) is 18.2 Å². The number of benzene rings is 1. The Balaban J connectivity index is 2.09. The summed E-state index contributed by atoms with van der Waals surface area (Å²) in [6.07, 6.45) is -0.385. The number of nitrogens with one attached hydrogen (secondary N) is 2. The van der Waals surface area contributed by atoms with Crippen molar-refractivity contribution in [1.29, 1.82) is 0 Å². The second-order valence-electron chi connectivity index (χ2n) is 6.48. The molecule has 1 aromatic carbocycles. The molecule has 0 spiro atoms. The highest BCUT2D eigenvalue weighted by molar-refractivity contribution is 5.80. The summed E-state index contributed by atoms with van der Waals surface area (Å²) in [5.74, 6) is 1.28. The number of carbonyl (C=O) groups excluding carboxylic acids is 2. The number of nitrogens with zero attached hydrogens (tertiary/aromatic N) is 2. The molecule has 136 valence electrons. The summed E-state index contributed by atoms with van der Waals surface area (Å²) in [6.45, 7) is 1.96. The molecule has 8 heteroatoms. The van der Waals surface area contributed by atoms with Crippen molar-refractivity contribution in [2.24, 2.45) is 5.92 Å². The fraction of sp³-hybridized carbons (Fsp3) is 0.529. The summed E-state index contributed by atoms with van der Waals surface area (Å²) in [4.78, 5) is 27.8. The van der Waals surface area contributed by atoms with Gasteiger partial charge < -0.3 is 29.9 Å². The maximum Gasteiger partial charge on any atom is 0.319 e. The molecule has 2 aliphatic rings. The first-order chi connectivity index (χ1) is 11.9. The maximum absolute atomic E-state index is 12.5. The van der Waals surface area contributed by atoms with Crippen molar-refractivity contribution in [3.63, 3.8) is 0 Å². The smallest absolute Gasteiger partial charge is 0.319 e. The van der Waals surface area contributed by atoms with Gasteiger partial charge in [-0.05, 0) is 19.1 Å². The fourth-order valence-electron chi connectivity index (χ4n) is 3.78. The van der Waals surface area contributed by atoms with Crippen molar-refractivity contribution in [1.82, 2.24) is 20.4 Å². The van der Waals surface area contributed by atoms with Crippen molar-refractivity contribution in [3.8, 4) is 11.5 Å². The van der Waals surface area contributed by atoms with E-state index in [-0.39, 0.29) is 36.2 Å². The minimum atomic E-state index is -0.385. The number of methoxy groups -OCH3 is 2. The molecular formula is C17H24N4O4. The molecule has 4 atom stereocenters. The molecule has 0 aromatic heterocycles. The first kappa shape index (κ1) is 17.2. The number of urea groups is 2. The van der Waals surface area contributed by atoms with Crippen LogP contribution in [0.2, 0.25) is 0 Å². The van der Waals surface area contributed by atoms with Crippen molar-refractivity contribution >= 4 is 12.1 Å². The van der Waals surface area contributed by atoms with Gasteiger partial charge in [-0.15, -0.1) is 0 Å². The van der Waals surface area contributed by atoms with Gasteiger partial charge >= 0.3 is 12.1 Å². The molecule has 2 heterocycles. The van der Waals surface area contributed by atoms with E-state index in [4.69, 9.17) is 9.47 Å². The zero-order chi connectivity index (χ0) is 18.3. The van der Waals surface area contributed by atoms with E-state index in [1.165, 1.54) is 0 Å². The lowest BCUT2D eigenvalue weighted by Gasteiger charge is -2.52. The molecule has 1 aromatic rings. The molecule has 0 bridgehead atoms. The van der Waals surface area contributed by atoms with Gasteiger partial charge in [0.25, 0.3) is 0 Å². The Hall–Kier alpha value is -2.64. The van der Waals surface area contributed by atoms with Crippen molar-refractivity contribution in [2.45, 2.75) is 25.2 Å². The third kappa shape index (κ3) is 2.71. The average Bonchev–Trinajstić information content (AvgIpc) is 2.61. The number of hydrogen-bond donors (Lipinski definition) is 2. The van der Waals surface area contributed by atoms with Crippen LogP contribution in [-0.2, 0) is 0 Å². The Kier molecular flexibility index (Phi) is 4.36. The molecule has 4 unspecified atom stereocenters. The highest BCUT2D eigenvalue weighted by Crippen LogP contribution is 2.42. The topological polar surface area (TPSA) is 83.1 Å². The summed E-state index contributed by atoms with van der Waals surface area (Å²) >= 11 is 0. The lowest BCUT2D eigenvalue weighted by Crippen LogP contribution is -2.71. The molecule has 2 N–H and O–H groups in total. The third-order valence-corrected chi connectivity index (χ3v) is 5.16. The van der Waals surface area contributed by atoms with Crippen molar-refractivity contribution < 1.29 is 19.1 Å². The molecular weight excluding hydrogens is 324 g/mol. The second-order valence-corrected chi connectivity index (χ2v) is 6.48. The Morgan fingerprint density at radius 3 is 2.32 bits per heavy atom. The summed E-state index contributed by atoms with van der Waals surface area (Å²) < 4.78 is 10.8. The van der Waals surface area contributed by atoms with Crippen LogP contribution in [0, 0.1) is 5.92 Å². The van der Waals surface area contributed by atoms with Crippen molar-refractivity contribution in [2.75, 3.05) is 28.3 Å². The highest BCUT2D eigenvalue weighted by atomic mass is 16.5. The Labute approximate surface area is 147 Å². The van der Waals surface area contributed by atoms with Crippen LogP contribution in [0.3, 0.4) is 0 Å². The van der Waals surface area contributed by atoms with Gasteiger partial charge in [-0.25, -0.2) is 9.59 Å². The van der Waals surface area contributed by atoms with E-state index in [2.05, 4.69) is 10.6 Å². The highest BCUT2D eigenvalue weighted by Gasteiger charge is 2.50. The quantitative estimate of drug-likeness (QED) is 0.865. The van der Waals surface area contributed by atoms with E-state index in [0.29, 0.717) is 11.5 Å². The lowest BCUT2D eigenvalue weighted by molar-refractivity contribution is 0.0241. The van der Waals surface area contributed by atoms with Gasteiger partial charge in [-0.3, -0.25) is 0 Å². The van der Waals surface area contributed by atoms with Crippen LogP contribution in [0.1, 0.15) is 18.5 Å². The maximum atomic E-state index is 12.5. The van der Waals surface area contributed by atoms with Crippen LogP contribution in [0.5, 0.6) is 11.5 Å².